The summed E-state index contributed by atoms with van der Waals surface area (Å²) >= 11 is 5.94. The molecule has 1 rings (SSSR count). The van der Waals surface area contributed by atoms with Crippen LogP contribution in [0.1, 0.15) is 18.7 Å². The number of hydrogen-bond acceptors (Lipinski definition) is 3. The monoisotopic (exact) mass is 201 g/mol. The van der Waals surface area contributed by atoms with E-state index < -0.39 is 0 Å². The first-order valence-corrected chi connectivity index (χ1v) is 5.53. The molecule has 0 bridgehead atoms. The van der Waals surface area contributed by atoms with Gasteiger partial charge in [0, 0.05) is 22.7 Å². The Morgan fingerprint density at radius 2 is 2.33 bits per heavy atom. The highest BCUT2D eigenvalue weighted by Gasteiger charge is 2.20. The summed E-state index contributed by atoms with van der Waals surface area (Å²) in [4.78, 5) is 1.43. The molecule has 0 aliphatic rings. The minimum atomic E-state index is 0.233. The summed E-state index contributed by atoms with van der Waals surface area (Å²) in [5.74, 6) is 0.745. The Labute approximate surface area is 83.6 Å². The molecule has 0 spiro atoms. The lowest BCUT2D eigenvalue weighted by molar-refractivity contribution is 0.499. The van der Waals surface area contributed by atoms with E-state index >= 15 is 0 Å². The van der Waals surface area contributed by atoms with Crippen molar-refractivity contribution in [1.82, 2.24) is 5.32 Å². The van der Waals surface area contributed by atoms with Gasteiger partial charge >= 0.3 is 0 Å². The molecule has 0 aromatic carbocycles. The fourth-order valence-electron chi connectivity index (χ4n) is 1.12. The van der Waals surface area contributed by atoms with Crippen molar-refractivity contribution >= 4 is 24.0 Å². The lowest BCUT2D eigenvalue weighted by Gasteiger charge is -2.23. The van der Waals surface area contributed by atoms with Gasteiger partial charge in [-0.25, -0.2) is 0 Å². The molecular weight excluding hydrogens is 186 g/mol. The number of thiophene rings is 1. The van der Waals surface area contributed by atoms with Crippen molar-refractivity contribution in [3.63, 3.8) is 0 Å². The molecule has 0 saturated carbocycles. The lowest BCUT2D eigenvalue weighted by atomic mass is 9.92. The molecule has 3 heteroatoms. The van der Waals surface area contributed by atoms with E-state index in [2.05, 4.69) is 49.3 Å². The molecule has 1 nitrogen and oxygen atoms in total. The smallest absolute Gasteiger partial charge is 0.0387 e. The van der Waals surface area contributed by atoms with E-state index in [1.54, 1.807) is 0 Å². The third-order valence-corrected chi connectivity index (χ3v) is 3.33. The molecule has 1 heterocycles. The van der Waals surface area contributed by atoms with Gasteiger partial charge in [-0.1, -0.05) is 19.9 Å². The van der Waals surface area contributed by atoms with Gasteiger partial charge in [0.2, 0.25) is 0 Å². The van der Waals surface area contributed by atoms with Gasteiger partial charge in [0.1, 0.15) is 0 Å². The van der Waals surface area contributed by atoms with E-state index in [4.69, 9.17) is 0 Å². The summed E-state index contributed by atoms with van der Waals surface area (Å²) in [5.41, 5.74) is 0.233. The van der Waals surface area contributed by atoms with E-state index in [-0.39, 0.29) is 5.41 Å². The van der Waals surface area contributed by atoms with Crippen LogP contribution in [0.25, 0.3) is 0 Å². The van der Waals surface area contributed by atoms with E-state index in [0.717, 1.165) is 12.4 Å². The maximum absolute atomic E-state index is 4.12. The quantitative estimate of drug-likeness (QED) is 0.563. The van der Waals surface area contributed by atoms with Crippen LogP contribution in [0.15, 0.2) is 17.5 Å². The molecule has 0 saturated heterocycles. The Hall–Kier alpha value is 0.01000. The van der Waals surface area contributed by atoms with Crippen LogP contribution in [-0.2, 0) is 5.41 Å². The molecule has 1 aromatic rings. The second-order valence-electron chi connectivity index (χ2n) is 3.45. The van der Waals surface area contributed by atoms with Gasteiger partial charge in [-0.2, -0.15) is 12.6 Å². The summed E-state index contributed by atoms with van der Waals surface area (Å²) in [5, 5.41) is 5.37. The predicted octanol–water partition coefficient (Wildman–Crippen LogP) is 2.50. The SMILES string of the molecule is CC(C)(CNCS)c1cccs1. The third kappa shape index (κ3) is 2.51. The van der Waals surface area contributed by atoms with Crippen molar-refractivity contribution in [1.29, 1.82) is 0 Å². The molecule has 0 aliphatic carbocycles. The van der Waals surface area contributed by atoms with Gasteiger partial charge in [0.05, 0.1) is 0 Å². The third-order valence-electron chi connectivity index (χ3n) is 1.87. The van der Waals surface area contributed by atoms with Crippen LogP contribution in [0.2, 0.25) is 0 Å². The molecule has 0 aliphatic heterocycles. The summed E-state index contributed by atoms with van der Waals surface area (Å²) in [6.45, 7) is 5.47. The van der Waals surface area contributed by atoms with Gasteiger partial charge in [-0.05, 0) is 11.4 Å². The molecule has 0 atom stereocenters. The number of hydrogen-bond donors (Lipinski definition) is 2. The zero-order valence-corrected chi connectivity index (χ0v) is 9.21. The van der Waals surface area contributed by atoms with Gasteiger partial charge in [0.25, 0.3) is 0 Å². The number of thiol groups is 1. The summed E-state index contributed by atoms with van der Waals surface area (Å²) < 4.78 is 0. The average Bonchev–Trinajstić information content (AvgIpc) is 2.53. The summed E-state index contributed by atoms with van der Waals surface area (Å²) in [7, 11) is 0. The Balaban J connectivity index is 2.59. The molecule has 68 valence electrons. The molecular formula is C9H15NS2. The Kier molecular flexibility index (Phi) is 3.62. The van der Waals surface area contributed by atoms with Crippen molar-refractivity contribution in [2.75, 3.05) is 12.4 Å². The first-order valence-electron chi connectivity index (χ1n) is 4.02. The molecule has 0 radical (unpaired) electrons. The van der Waals surface area contributed by atoms with Gasteiger partial charge in [-0.3, -0.25) is 0 Å². The van der Waals surface area contributed by atoms with Gasteiger partial charge in [-0.15, -0.1) is 11.3 Å². The van der Waals surface area contributed by atoms with Crippen molar-refractivity contribution in [2.45, 2.75) is 19.3 Å². The van der Waals surface area contributed by atoms with Crippen molar-refractivity contribution in [2.24, 2.45) is 0 Å². The molecule has 0 fully saturated rings. The van der Waals surface area contributed by atoms with Crippen LogP contribution >= 0.6 is 24.0 Å². The zero-order valence-electron chi connectivity index (χ0n) is 7.50. The molecule has 0 amide bonds. The van der Waals surface area contributed by atoms with Crippen LogP contribution in [0.3, 0.4) is 0 Å². The number of nitrogens with one attached hydrogen (secondary N) is 1. The van der Waals surface area contributed by atoms with E-state index in [0.29, 0.717) is 0 Å². The molecule has 12 heavy (non-hydrogen) atoms. The summed E-state index contributed by atoms with van der Waals surface area (Å²) in [6.07, 6.45) is 0. The zero-order chi connectivity index (χ0) is 9.03. The highest BCUT2D eigenvalue weighted by molar-refractivity contribution is 7.80. The first kappa shape index (κ1) is 10.1. The first-order chi connectivity index (χ1) is 5.67. The average molecular weight is 201 g/mol. The highest BCUT2D eigenvalue weighted by atomic mass is 32.1. The van der Waals surface area contributed by atoms with E-state index in [1.165, 1.54) is 4.88 Å². The van der Waals surface area contributed by atoms with Crippen LogP contribution in [0, 0.1) is 0 Å². The van der Waals surface area contributed by atoms with Crippen LogP contribution in [0.5, 0.6) is 0 Å². The Morgan fingerprint density at radius 1 is 1.58 bits per heavy atom. The Bertz CT molecular complexity index is 216. The lowest BCUT2D eigenvalue weighted by Crippen LogP contribution is -2.31. The van der Waals surface area contributed by atoms with Gasteiger partial charge in [0.15, 0.2) is 0 Å². The van der Waals surface area contributed by atoms with Crippen LogP contribution in [0.4, 0.5) is 0 Å². The normalized spacial score (nSPS) is 11.9. The van der Waals surface area contributed by atoms with Crippen LogP contribution in [-0.4, -0.2) is 12.4 Å². The fourth-order valence-corrected chi connectivity index (χ4v) is 2.08. The topological polar surface area (TPSA) is 12.0 Å². The predicted molar refractivity (Wildman–Crippen MR) is 59.2 cm³/mol. The van der Waals surface area contributed by atoms with E-state index in [1.807, 2.05) is 11.3 Å². The van der Waals surface area contributed by atoms with Crippen molar-refractivity contribution in [3.8, 4) is 0 Å². The maximum atomic E-state index is 4.12. The van der Waals surface area contributed by atoms with Gasteiger partial charge < -0.3 is 5.32 Å². The molecule has 1 aromatic heterocycles. The minimum absolute atomic E-state index is 0.233. The van der Waals surface area contributed by atoms with Crippen molar-refractivity contribution < 1.29 is 0 Å². The molecule has 1 N–H and O–H groups in total. The van der Waals surface area contributed by atoms with Crippen LogP contribution < -0.4 is 5.32 Å². The minimum Gasteiger partial charge on any atom is -0.307 e. The second-order valence-corrected chi connectivity index (χ2v) is 4.71. The van der Waals surface area contributed by atoms with Crippen molar-refractivity contribution in [3.05, 3.63) is 22.4 Å². The summed E-state index contributed by atoms with van der Waals surface area (Å²) in [6, 6.07) is 4.29. The standard InChI is InChI=1S/C9H15NS2/c1-9(2,6-10-7-11)8-4-3-5-12-8/h3-5,10-11H,6-7H2,1-2H3. The fraction of sp³-hybridized carbons (Fsp3) is 0.556. The molecule has 0 unspecified atom stereocenters. The maximum Gasteiger partial charge on any atom is 0.0387 e. The Morgan fingerprint density at radius 3 is 2.83 bits per heavy atom. The highest BCUT2D eigenvalue weighted by Crippen LogP contribution is 2.26. The largest absolute Gasteiger partial charge is 0.307 e. The number of rotatable bonds is 4. The van der Waals surface area contributed by atoms with E-state index in [9.17, 15) is 0 Å². The second kappa shape index (κ2) is 4.30.